The van der Waals surface area contributed by atoms with Crippen LogP contribution in [-0.4, -0.2) is 37.2 Å². The van der Waals surface area contributed by atoms with Crippen molar-refractivity contribution in [2.75, 3.05) is 13.2 Å². The maximum atomic E-state index is 12.9. The van der Waals surface area contributed by atoms with Crippen LogP contribution in [-0.2, 0) is 28.6 Å². The van der Waals surface area contributed by atoms with Crippen molar-refractivity contribution in [2.24, 2.45) is 0 Å². The van der Waals surface area contributed by atoms with Crippen LogP contribution in [0.5, 0.6) is 0 Å². The molecule has 1 atom stereocenters. The van der Waals surface area contributed by atoms with E-state index in [-0.39, 0.29) is 44.0 Å². The van der Waals surface area contributed by atoms with Crippen LogP contribution in [0, 0.1) is 0 Å². The third kappa shape index (κ3) is 62.3. The van der Waals surface area contributed by atoms with Crippen LogP contribution in [0.4, 0.5) is 0 Å². The fraction of sp³-hybridized carbons (Fsp3) is 0.648. The molecule has 0 amide bonds. The second-order valence-electron chi connectivity index (χ2n) is 20.5. The van der Waals surface area contributed by atoms with Crippen LogP contribution in [0.25, 0.3) is 0 Å². The van der Waals surface area contributed by atoms with Crippen molar-refractivity contribution in [3.8, 4) is 0 Å². The molecule has 6 nitrogen and oxygen atoms in total. The fourth-order valence-electron chi connectivity index (χ4n) is 8.45. The molecule has 0 heterocycles. The smallest absolute Gasteiger partial charge is 0.306 e. The highest BCUT2D eigenvalue weighted by Crippen LogP contribution is 2.15. The highest BCUT2D eigenvalue weighted by atomic mass is 16.6. The van der Waals surface area contributed by atoms with E-state index in [1.165, 1.54) is 128 Å². The van der Waals surface area contributed by atoms with Gasteiger partial charge in [0.2, 0.25) is 0 Å². The Morgan fingerprint density at radius 1 is 0.273 bits per heavy atom. The van der Waals surface area contributed by atoms with Crippen molar-refractivity contribution >= 4 is 17.9 Å². The maximum absolute atomic E-state index is 12.9. The molecule has 436 valence electrons. The van der Waals surface area contributed by atoms with Crippen molar-refractivity contribution in [3.05, 3.63) is 134 Å². The van der Waals surface area contributed by atoms with Crippen molar-refractivity contribution in [2.45, 2.75) is 284 Å². The normalized spacial score (nSPS) is 13.0. The first kappa shape index (κ1) is 72.5. The summed E-state index contributed by atoms with van der Waals surface area (Å²) in [6.45, 7) is 6.33. The Hall–Kier alpha value is -4.45. The summed E-state index contributed by atoms with van der Waals surface area (Å²) in [7, 11) is 0. The van der Waals surface area contributed by atoms with E-state index in [9.17, 15) is 14.4 Å². The van der Waals surface area contributed by atoms with Crippen LogP contribution in [0.1, 0.15) is 278 Å². The van der Waals surface area contributed by atoms with Gasteiger partial charge >= 0.3 is 17.9 Å². The standard InChI is InChI=1S/C71H116O6/c1-4-7-10-13-16-19-22-25-28-31-32-33-34-35-36-37-38-41-43-46-49-52-55-58-61-64-70(73)76-67-68(77-71(74)65-62-59-56-53-50-47-44-40-30-27-24-21-18-15-12-9-6-3)66-75-69(72)63-60-57-54-51-48-45-42-39-29-26-23-20-17-14-11-8-5-2/h8-9,11-12,17-18,20-21,26-27,29-32,42,44-45,47,51,53-54,56,68H,4-7,10,13-16,19,22-25,28,33-41,43,46,48-50,52,55,57-67H2,1-3H3/b11-8-,12-9-,20-17-,21-18-,29-26-,30-27-,32-31-,45-42-,47-44-,54-51-,56-53-. The predicted molar refractivity (Wildman–Crippen MR) is 334 cm³/mol. The van der Waals surface area contributed by atoms with E-state index in [4.69, 9.17) is 14.2 Å². The van der Waals surface area contributed by atoms with Gasteiger partial charge in [-0.3, -0.25) is 14.4 Å². The molecule has 0 fully saturated rings. The molecule has 0 saturated carbocycles. The van der Waals surface area contributed by atoms with E-state index in [0.29, 0.717) is 19.3 Å². The van der Waals surface area contributed by atoms with E-state index in [0.717, 1.165) is 96.3 Å². The molecule has 0 aliphatic carbocycles. The Balaban J connectivity index is 4.46. The van der Waals surface area contributed by atoms with Gasteiger partial charge in [-0.15, -0.1) is 0 Å². The van der Waals surface area contributed by atoms with Gasteiger partial charge in [0.05, 0.1) is 0 Å². The van der Waals surface area contributed by atoms with Crippen LogP contribution >= 0.6 is 0 Å². The molecular formula is C71H116O6. The molecule has 0 aliphatic heterocycles. The third-order valence-electron chi connectivity index (χ3n) is 13.1. The lowest BCUT2D eigenvalue weighted by Gasteiger charge is -2.18. The van der Waals surface area contributed by atoms with Gasteiger partial charge < -0.3 is 14.2 Å². The number of carbonyl (C=O) groups is 3. The molecule has 77 heavy (non-hydrogen) atoms. The Labute approximate surface area is 475 Å². The molecule has 0 saturated heterocycles. The lowest BCUT2D eigenvalue weighted by molar-refractivity contribution is -0.167. The number of allylic oxidation sites excluding steroid dienone is 22. The minimum Gasteiger partial charge on any atom is -0.462 e. The summed E-state index contributed by atoms with van der Waals surface area (Å²) in [6.07, 6.45) is 90.5. The molecule has 0 aliphatic rings. The second kappa shape index (κ2) is 64.1. The third-order valence-corrected chi connectivity index (χ3v) is 13.1. The summed E-state index contributed by atoms with van der Waals surface area (Å²) in [5.74, 6) is -1.04. The molecule has 1 unspecified atom stereocenters. The monoisotopic (exact) mass is 1060 g/mol. The first-order valence-electron chi connectivity index (χ1n) is 31.7. The van der Waals surface area contributed by atoms with Gasteiger partial charge in [0.1, 0.15) is 13.2 Å². The van der Waals surface area contributed by atoms with Gasteiger partial charge in [0, 0.05) is 19.3 Å². The highest BCUT2D eigenvalue weighted by Gasteiger charge is 2.19. The minimum absolute atomic E-state index is 0.122. The lowest BCUT2D eigenvalue weighted by atomic mass is 10.0. The molecule has 0 radical (unpaired) electrons. The number of ether oxygens (including phenoxy) is 3. The van der Waals surface area contributed by atoms with Crippen molar-refractivity contribution in [3.63, 3.8) is 0 Å². The molecule has 6 heteroatoms. The Bertz CT molecular complexity index is 1650. The summed E-state index contributed by atoms with van der Waals surface area (Å²) in [4.78, 5) is 38.3. The number of rotatable bonds is 56. The molecule has 0 aromatic heterocycles. The van der Waals surface area contributed by atoms with E-state index in [1.807, 2.05) is 0 Å². The molecule has 0 spiro atoms. The zero-order chi connectivity index (χ0) is 55.7. The quantitative estimate of drug-likeness (QED) is 0.0261. The number of hydrogen-bond donors (Lipinski definition) is 0. The van der Waals surface area contributed by atoms with E-state index >= 15 is 0 Å². The van der Waals surface area contributed by atoms with Crippen molar-refractivity contribution < 1.29 is 28.6 Å². The topological polar surface area (TPSA) is 78.9 Å². The van der Waals surface area contributed by atoms with Gasteiger partial charge in [-0.25, -0.2) is 0 Å². The summed E-state index contributed by atoms with van der Waals surface area (Å²) in [5.41, 5.74) is 0. The fourth-order valence-corrected chi connectivity index (χ4v) is 8.45. The SMILES string of the molecule is CC/C=C\C/C=C\C/C=C\C/C=C\C/C=C\CCCC(=O)OCC(COC(=O)CCCCCCCCCCCCCCC/C=C\CCCCCCCCCC)OC(=O)CCC/C=C\C/C=C\C/C=C\C/C=C\C/C=C\CC. The van der Waals surface area contributed by atoms with Gasteiger partial charge in [-0.2, -0.15) is 0 Å². The summed E-state index contributed by atoms with van der Waals surface area (Å²) in [5, 5.41) is 0. The molecule has 0 bridgehead atoms. The van der Waals surface area contributed by atoms with E-state index < -0.39 is 6.10 Å². The van der Waals surface area contributed by atoms with Crippen LogP contribution < -0.4 is 0 Å². The predicted octanol–water partition coefficient (Wildman–Crippen LogP) is 21.8. The van der Waals surface area contributed by atoms with Crippen molar-refractivity contribution in [1.82, 2.24) is 0 Å². The Kier molecular flexibility index (Phi) is 60.4. The zero-order valence-electron chi connectivity index (χ0n) is 49.9. The average Bonchev–Trinajstić information content (AvgIpc) is 3.43. The van der Waals surface area contributed by atoms with Crippen LogP contribution in [0.2, 0.25) is 0 Å². The Morgan fingerprint density at radius 2 is 0.519 bits per heavy atom. The molecular weight excluding hydrogens is 949 g/mol. The van der Waals surface area contributed by atoms with Crippen molar-refractivity contribution in [1.29, 1.82) is 0 Å². The Morgan fingerprint density at radius 3 is 0.857 bits per heavy atom. The number of hydrogen-bond acceptors (Lipinski definition) is 6. The van der Waals surface area contributed by atoms with Crippen LogP contribution in [0.15, 0.2) is 134 Å². The number of unbranched alkanes of at least 4 members (excludes halogenated alkanes) is 23. The molecule has 0 aromatic carbocycles. The van der Waals surface area contributed by atoms with Gasteiger partial charge in [0.25, 0.3) is 0 Å². The zero-order valence-corrected chi connectivity index (χ0v) is 49.9. The van der Waals surface area contributed by atoms with E-state index in [2.05, 4.69) is 154 Å². The number of carbonyl (C=O) groups excluding carboxylic acids is 3. The first-order valence-corrected chi connectivity index (χ1v) is 31.7. The number of esters is 3. The summed E-state index contributed by atoms with van der Waals surface area (Å²) >= 11 is 0. The molecule has 0 rings (SSSR count). The molecule has 0 aromatic rings. The second-order valence-corrected chi connectivity index (χ2v) is 20.5. The highest BCUT2D eigenvalue weighted by molar-refractivity contribution is 5.71. The maximum Gasteiger partial charge on any atom is 0.306 e. The average molecular weight is 1070 g/mol. The summed E-state index contributed by atoms with van der Waals surface area (Å²) < 4.78 is 16.8. The summed E-state index contributed by atoms with van der Waals surface area (Å²) in [6, 6.07) is 0. The lowest BCUT2D eigenvalue weighted by Crippen LogP contribution is -2.30. The minimum atomic E-state index is -0.837. The van der Waals surface area contributed by atoms with Gasteiger partial charge in [0.15, 0.2) is 6.10 Å². The van der Waals surface area contributed by atoms with E-state index in [1.54, 1.807) is 0 Å². The van der Waals surface area contributed by atoms with Crippen LogP contribution in [0.3, 0.4) is 0 Å². The largest absolute Gasteiger partial charge is 0.462 e. The first-order chi connectivity index (χ1) is 38.0. The van der Waals surface area contributed by atoms with Gasteiger partial charge in [-0.1, -0.05) is 270 Å². The van der Waals surface area contributed by atoms with Gasteiger partial charge in [-0.05, 0) is 122 Å². The molecule has 0 N–H and O–H groups in total.